The molecule has 1 atom stereocenters. The third-order valence-electron chi connectivity index (χ3n) is 4.10. The van der Waals surface area contributed by atoms with E-state index >= 15 is 0 Å². The average molecular weight is 274 g/mol. The van der Waals surface area contributed by atoms with Gasteiger partial charge in [-0.05, 0) is 36.5 Å². The van der Waals surface area contributed by atoms with Gasteiger partial charge >= 0.3 is 5.97 Å². The predicted molar refractivity (Wildman–Crippen MR) is 74.9 cm³/mol. The van der Waals surface area contributed by atoms with Crippen molar-refractivity contribution in [1.29, 1.82) is 0 Å². The highest BCUT2D eigenvalue weighted by Crippen LogP contribution is 2.26. The Morgan fingerprint density at radius 2 is 2.25 bits per heavy atom. The number of carbonyl (C=O) groups is 2. The molecule has 1 saturated heterocycles. The molecule has 0 spiro atoms. The molecule has 5 heteroatoms. The monoisotopic (exact) mass is 274 g/mol. The normalized spacial score (nSPS) is 20.6. The van der Waals surface area contributed by atoms with E-state index in [0.717, 1.165) is 25.1 Å². The van der Waals surface area contributed by atoms with Crippen molar-refractivity contribution in [2.75, 3.05) is 25.0 Å². The van der Waals surface area contributed by atoms with Gasteiger partial charge in [0.25, 0.3) is 5.91 Å². The average Bonchev–Trinajstić information content (AvgIpc) is 3.04. The zero-order chi connectivity index (χ0) is 14.1. The molecular formula is C15H18N2O3. The number of rotatable bonds is 3. The number of aliphatic carboxylic acids is 1. The van der Waals surface area contributed by atoms with Gasteiger partial charge in [0, 0.05) is 37.3 Å². The van der Waals surface area contributed by atoms with Crippen LogP contribution in [-0.2, 0) is 11.2 Å². The quantitative estimate of drug-likeness (QED) is 0.878. The molecular weight excluding hydrogens is 256 g/mol. The Morgan fingerprint density at radius 1 is 1.40 bits per heavy atom. The number of likely N-dealkylation sites (tertiary alicyclic amines) is 1. The number of anilines is 1. The van der Waals surface area contributed by atoms with Gasteiger partial charge in [0.2, 0.25) is 0 Å². The highest BCUT2D eigenvalue weighted by atomic mass is 16.4. The summed E-state index contributed by atoms with van der Waals surface area (Å²) < 4.78 is 0. The van der Waals surface area contributed by atoms with Gasteiger partial charge < -0.3 is 15.3 Å². The molecule has 1 amide bonds. The number of carboxylic acids is 1. The first-order valence-electron chi connectivity index (χ1n) is 7.01. The number of hydrogen-bond acceptors (Lipinski definition) is 3. The van der Waals surface area contributed by atoms with Crippen LogP contribution >= 0.6 is 0 Å². The highest BCUT2D eigenvalue weighted by Gasteiger charge is 2.28. The van der Waals surface area contributed by atoms with E-state index in [9.17, 15) is 9.59 Å². The second-order valence-electron chi connectivity index (χ2n) is 5.55. The molecule has 2 N–H and O–H groups in total. The lowest BCUT2D eigenvalue weighted by Crippen LogP contribution is -2.29. The van der Waals surface area contributed by atoms with E-state index < -0.39 is 5.97 Å². The van der Waals surface area contributed by atoms with Crippen molar-refractivity contribution < 1.29 is 14.7 Å². The molecule has 1 aromatic rings. The van der Waals surface area contributed by atoms with Crippen LogP contribution < -0.4 is 5.32 Å². The first-order valence-corrected chi connectivity index (χ1v) is 7.01. The Bertz CT molecular complexity index is 556. The van der Waals surface area contributed by atoms with Crippen molar-refractivity contribution in [3.63, 3.8) is 0 Å². The van der Waals surface area contributed by atoms with Crippen LogP contribution in [0.25, 0.3) is 0 Å². The Balaban J connectivity index is 1.69. The van der Waals surface area contributed by atoms with E-state index in [1.165, 1.54) is 5.56 Å². The van der Waals surface area contributed by atoms with E-state index in [4.69, 9.17) is 5.11 Å². The lowest BCUT2D eigenvalue weighted by atomic mass is 10.1. The van der Waals surface area contributed by atoms with Crippen LogP contribution in [0.2, 0.25) is 0 Å². The van der Waals surface area contributed by atoms with Crippen LogP contribution in [0.1, 0.15) is 28.8 Å². The molecule has 1 aromatic carbocycles. The number of nitrogens with zero attached hydrogens (tertiary/aromatic N) is 1. The minimum absolute atomic E-state index is 0.00869. The number of amides is 1. The number of carbonyl (C=O) groups excluding carboxylic acids is 1. The van der Waals surface area contributed by atoms with Crippen molar-refractivity contribution >= 4 is 17.6 Å². The second-order valence-corrected chi connectivity index (χ2v) is 5.55. The van der Waals surface area contributed by atoms with E-state index in [1.54, 1.807) is 4.90 Å². The number of carboxylic acid groups (broad SMARTS) is 1. The first kappa shape index (κ1) is 13.0. The van der Waals surface area contributed by atoms with Crippen molar-refractivity contribution in [2.45, 2.75) is 19.3 Å². The fourth-order valence-electron chi connectivity index (χ4n) is 3.04. The number of fused-ring (bicyclic) bond motifs is 1. The minimum atomic E-state index is -0.786. The Labute approximate surface area is 117 Å². The molecule has 0 saturated carbocycles. The van der Waals surface area contributed by atoms with Crippen molar-refractivity contribution in [1.82, 2.24) is 4.90 Å². The molecule has 20 heavy (non-hydrogen) atoms. The fraction of sp³-hybridized carbons (Fsp3) is 0.467. The molecule has 3 rings (SSSR count). The van der Waals surface area contributed by atoms with E-state index in [2.05, 4.69) is 5.32 Å². The third-order valence-corrected chi connectivity index (χ3v) is 4.10. The van der Waals surface area contributed by atoms with Gasteiger partial charge in [-0.2, -0.15) is 0 Å². The van der Waals surface area contributed by atoms with Crippen LogP contribution in [0.15, 0.2) is 18.2 Å². The fourth-order valence-corrected chi connectivity index (χ4v) is 3.04. The van der Waals surface area contributed by atoms with Crippen LogP contribution in [0.5, 0.6) is 0 Å². The molecule has 5 nitrogen and oxygen atoms in total. The van der Waals surface area contributed by atoms with Gasteiger partial charge in [-0.3, -0.25) is 9.59 Å². The van der Waals surface area contributed by atoms with Gasteiger partial charge in [-0.25, -0.2) is 0 Å². The molecule has 2 aliphatic rings. The van der Waals surface area contributed by atoms with Gasteiger partial charge in [0.1, 0.15) is 0 Å². The molecule has 0 bridgehead atoms. The summed E-state index contributed by atoms with van der Waals surface area (Å²) in [7, 11) is 0. The topological polar surface area (TPSA) is 69.6 Å². The minimum Gasteiger partial charge on any atom is -0.481 e. The summed E-state index contributed by atoms with van der Waals surface area (Å²) >= 11 is 0. The van der Waals surface area contributed by atoms with Crippen LogP contribution in [0.3, 0.4) is 0 Å². The van der Waals surface area contributed by atoms with Gasteiger partial charge in [-0.15, -0.1) is 0 Å². The maximum atomic E-state index is 12.4. The smallest absolute Gasteiger partial charge is 0.303 e. The molecule has 0 radical (unpaired) electrons. The molecule has 2 aliphatic heterocycles. The summed E-state index contributed by atoms with van der Waals surface area (Å²) in [4.78, 5) is 24.9. The van der Waals surface area contributed by atoms with Gasteiger partial charge in [-0.1, -0.05) is 6.07 Å². The molecule has 2 heterocycles. The van der Waals surface area contributed by atoms with Crippen LogP contribution in [0, 0.1) is 5.92 Å². The number of nitrogens with one attached hydrogen (secondary N) is 1. The Kier molecular flexibility index (Phi) is 3.34. The van der Waals surface area contributed by atoms with E-state index in [1.807, 2.05) is 18.2 Å². The summed E-state index contributed by atoms with van der Waals surface area (Å²) in [6.45, 7) is 2.13. The molecule has 1 unspecified atom stereocenters. The molecule has 0 aliphatic carbocycles. The molecule has 1 fully saturated rings. The lowest BCUT2D eigenvalue weighted by molar-refractivity contribution is -0.138. The highest BCUT2D eigenvalue weighted by molar-refractivity contribution is 5.95. The zero-order valence-electron chi connectivity index (χ0n) is 11.3. The Morgan fingerprint density at radius 3 is 3.05 bits per heavy atom. The summed E-state index contributed by atoms with van der Waals surface area (Å²) in [5, 5.41) is 12.1. The first-order chi connectivity index (χ1) is 9.63. The zero-order valence-corrected chi connectivity index (χ0v) is 11.3. The van der Waals surface area contributed by atoms with E-state index in [-0.39, 0.29) is 18.2 Å². The largest absolute Gasteiger partial charge is 0.481 e. The maximum absolute atomic E-state index is 12.4. The van der Waals surface area contributed by atoms with Crippen LogP contribution in [-0.4, -0.2) is 41.5 Å². The van der Waals surface area contributed by atoms with Gasteiger partial charge in [0.15, 0.2) is 0 Å². The third kappa shape index (κ3) is 2.48. The summed E-state index contributed by atoms with van der Waals surface area (Å²) in [5.41, 5.74) is 3.00. The standard InChI is InChI=1S/C15H18N2O3/c18-14(19)7-10-4-6-17(9-10)15(20)12-2-1-11-3-5-16-13(11)8-12/h1-2,8,10,16H,3-7,9H2,(H,18,19). The molecule has 106 valence electrons. The predicted octanol–water partition coefficient (Wildman–Crippen LogP) is 1.59. The lowest BCUT2D eigenvalue weighted by Gasteiger charge is -2.17. The van der Waals surface area contributed by atoms with Crippen molar-refractivity contribution in [3.05, 3.63) is 29.3 Å². The Hall–Kier alpha value is -2.04. The van der Waals surface area contributed by atoms with Crippen molar-refractivity contribution in [3.8, 4) is 0 Å². The van der Waals surface area contributed by atoms with Gasteiger partial charge in [0.05, 0.1) is 0 Å². The molecule has 0 aromatic heterocycles. The summed E-state index contributed by atoms with van der Waals surface area (Å²) in [6.07, 6.45) is 1.94. The number of hydrogen-bond donors (Lipinski definition) is 2. The SMILES string of the molecule is O=C(O)CC1CCN(C(=O)c2ccc3c(c2)NCC3)C1. The second kappa shape index (κ2) is 5.15. The maximum Gasteiger partial charge on any atom is 0.303 e. The number of benzene rings is 1. The van der Waals surface area contributed by atoms with Crippen molar-refractivity contribution in [2.24, 2.45) is 5.92 Å². The summed E-state index contributed by atoms with van der Waals surface area (Å²) in [5.74, 6) is -0.690. The van der Waals surface area contributed by atoms with Crippen LogP contribution in [0.4, 0.5) is 5.69 Å². The van der Waals surface area contributed by atoms with E-state index in [0.29, 0.717) is 18.7 Å². The summed E-state index contributed by atoms with van der Waals surface area (Å²) in [6, 6.07) is 5.79.